The molecule has 1 aliphatic heterocycles. The molecule has 6 heteroatoms. The van der Waals surface area contributed by atoms with Gasteiger partial charge in [-0.2, -0.15) is 8.78 Å². The monoisotopic (exact) mass is 354 g/mol. The van der Waals surface area contributed by atoms with Gasteiger partial charge in [-0.05, 0) is 25.0 Å². The van der Waals surface area contributed by atoms with E-state index in [-0.39, 0.29) is 5.91 Å². The summed E-state index contributed by atoms with van der Waals surface area (Å²) >= 11 is 0.449. The summed E-state index contributed by atoms with van der Waals surface area (Å²) in [5.41, 5.74) is 0.397. The molecule has 0 atom stereocenters. The molecule has 1 aromatic carbocycles. The largest absolute Gasteiger partial charge is 0.336 e. The van der Waals surface area contributed by atoms with Gasteiger partial charge in [0.15, 0.2) is 0 Å². The smallest absolute Gasteiger partial charge is 0.288 e. The number of benzene rings is 1. The average molecular weight is 354 g/mol. The fourth-order valence-corrected chi connectivity index (χ4v) is 4.38. The number of nitrogens with zero attached hydrogens (tertiary/aromatic N) is 2. The Morgan fingerprint density at radius 2 is 1.71 bits per heavy atom. The average Bonchev–Trinajstić information content (AvgIpc) is 2.62. The van der Waals surface area contributed by atoms with Crippen molar-refractivity contribution in [1.29, 1.82) is 0 Å². The zero-order valence-corrected chi connectivity index (χ0v) is 14.6. The fourth-order valence-electron chi connectivity index (χ4n) is 3.75. The van der Waals surface area contributed by atoms with Gasteiger partial charge < -0.3 is 4.90 Å². The Kier molecular flexibility index (Phi) is 6.11. The molecular formula is C18H24F2N2OS. The number of hydrogen-bond donors (Lipinski definition) is 0. The second-order valence-corrected chi connectivity index (χ2v) is 7.53. The van der Waals surface area contributed by atoms with E-state index in [1.54, 1.807) is 24.3 Å². The highest BCUT2D eigenvalue weighted by molar-refractivity contribution is 7.99. The molecule has 1 aromatic rings. The highest BCUT2D eigenvalue weighted by Gasteiger charge is 2.28. The highest BCUT2D eigenvalue weighted by Crippen LogP contribution is 2.30. The minimum atomic E-state index is -2.51. The number of piperazine rings is 1. The first-order valence-corrected chi connectivity index (χ1v) is 9.60. The third-order valence-electron chi connectivity index (χ3n) is 5.03. The Labute approximate surface area is 146 Å². The van der Waals surface area contributed by atoms with E-state index in [1.807, 2.05) is 4.90 Å². The first kappa shape index (κ1) is 17.7. The van der Waals surface area contributed by atoms with E-state index in [1.165, 1.54) is 32.1 Å². The van der Waals surface area contributed by atoms with Gasteiger partial charge in [0.2, 0.25) is 0 Å². The first-order chi connectivity index (χ1) is 11.6. The van der Waals surface area contributed by atoms with Crippen LogP contribution in [-0.2, 0) is 0 Å². The molecule has 1 saturated heterocycles. The third-order valence-corrected chi connectivity index (χ3v) is 5.81. The summed E-state index contributed by atoms with van der Waals surface area (Å²) in [4.78, 5) is 17.4. The molecule has 132 valence electrons. The third kappa shape index (κ3) is 4.28. The van der Waals surface area contributed by atoms with E-state index in [2.05, 4.69) is 4.90 Å². The molecule has 3 rings (SSSR count). The second-order valence-electron chi connectivity index (χ2n) is 6.49. The minimum Gasteiger partial charge on any atom is -0.336 e. The van der Waals surface area contributed by atoms with Crippen molar-refractivity contribution in [3.63, 3.8) is 0 Å². The van der Waals surface area contributed by atoms with Crippen molar-refractivity contribution in [2.24, 2.45) is 0 Å². The van der Waals surface area contributed by atoms with Crippen molar-refractivity contribution in [3.8, 4) is 0 Å². The Bertz CT molecular complexity index is 556. The molecule has 0 unspecified atom stereocenters. The van der Waals surface area contributed by atoms with Crippen molar-refractivity contribution in [2.75, 3.05) is 26.2 Å². The van der Waals surface area contributed by atoms with Crippen LogP contribution in [0.4, 0.5) is 8.78 Å². The lowest BCUT2D eigenvalue weighted by Crippen LogP contribution is -2.52. The standard InChI is InChI=1S/C18H24F2N2OS/c19-18(20)24-16-9-5-4-8-15(16)17(23)22-12-10-21(11-13-22)14-6-2-1-3-7-14/h4-5,8-9,14,18H,1-3,6-7,10-13H2. The number of carbonyl (C=O) groups excluding carboxylic acids is 1. The number of halogens is 2. The van der Waals surface area contributed by atoms with Crippen molar-refractivity contribution in [1.82, 2.24) is 9.80 Å². The van der Waals surface area contributed by atoms with E-state index in [9.17, 15) is 13.6 Å². The molecule has 2 aliphatic rings. The first-order valence-electron chi connectivity index (χ1n) is 8.72. The maximum Gasteiger partial charge on any atom is 0.288 e. The van der Waals surface area contributed by atoms with Crippen LogP contribution in [-0.4, -0.2) is 53.7 Å². The van der Waals surface area contributed by atoms with Crippen LogP contribution in [0.5, 0.6) is 0 Å². The molecular weight excluding hydrogens is 330 g/mol. The van der Waals surface area contributed by atoms with Crippen LogP contribution in [0.25, 0.3) is 0 Å². The Morgan fingerprint density at radius 1 is 1.04 bits per heavy atom. The molecule has 0 bridgehead atoms. The second kappa shape index (κ2) is 8.30. The van der Waals surface area contributed by atoms with Crippen molar-refractivity contribution in [3.05, 3.63) is 29.8 Å². The van der Waals surface area contributed by atoms with Crippen LogP contribution in [0.3, 0.4) is 0 Å². The lowest BCUT2D eigenvalue weighted by molar-refractivity contribution is 0.0520. The van der Waals surface area contributed by atoms with Crippen LogP contribution < -0.4 is 0 Å². The van der Waals surface area contributed by atoms with Crippen molar-refractivity contribution >= 4 is 17.7 Å². The van der Waals surface area contributed by atoms with E-state index in [0.29, 0.717) is 41.4 Å². The molecule has 24 heavy (non-hydrogen) atoms. The van der Waals surface area contributed by atoms with Gasteiger partial charge in [0.05, 0.1) is 5.56 Å². The topological polar surface area (TPSA) is 23.6 Å². The van der Waals surface area contributed by atoms with Gasteiger partial charge in [0.1, 0.15) is 0 Å². The number of carbonyl (C=O) groups is 1. The summed E-state index contributed by atoms with van der Waals surface area (Å²) in [6.07, 6.45) is 6.49. The van der Waals surface area contributed by atoms with Gasteiger partial charge in [-0.3, -0.25) is 9.69 Å². The van der Waals surface area contributed by atoms with Crippen molar-refractivity contribution in [2.45, 2.75) is 48.8 Å². The number of alkyl halides is 2. The summed E-state index contributed by atoms with van der Waals surface area (Å²) in [6, 6.07) is 7.35. The number of hydrogen-bond acceptors (Lipinski definition) is 3. The molecule has 1 aliphatic carbocycles. The van der Waals surface area contributed by atoms with E-state index >= 15 is 0 Å². The molecule has 3 nitrogen and oxygen atoms in total. The molecule has 0 spiro atoms. The predicted molar refractivity (Wildman–Crippen MR) is 92.7 cm³/mol. The number of amides is 1. The summed E-state index contributed by atoms with van der Waals surface area (Å²) in [6.45, 7) is 3.15. The van der Waals surface area contributed by atoms with Gasteiger partial charge in [-0.15, -0.1) is 0 Å². The molecule has 1 saturated carbocycles. The van der Waals surface area contributed by atoms with Gasteiger partial charge in [-0.1, -0.05) is 43.2 Å². The van der Waals surface area contributed by atoms with Crippen LogP contribution in [0.1, 0.15) is 42.5 Å². The zero-order chi connectivity index (χ0) is 16.9. The predicted octanol–water partition coefficient (Wildman–Crippen LogP) is 4.09. The molecule has 0 aromatic heterocycles. The van der Waals surface area contributed by atoms with Crippen LogP contribution >= 0.6 is 11.8 Å². The normalized spacial score (nSPS) is 20.5. The molecule has 1 heterocycles. The van der Waals surface area contributed by atoms with Gasteiger partial charge in [0.25, 0.3) is 11.7 Å². The minimum absolute atomic E-state index is 0.123. The van der Waals surface area contributed by atoms with E-state index < -0.39 is 5.76 Å². The van der Waals surface area contributed by atoms with Crippen LogP contribution in [0.2, 0.25) is 0 Å². The molecule has 0 radical (unpaired) electrons. The number of thioether (sulfide) groups is 1. The maximum absolute atomic E-state index is 12.7. The summed E-state index contributed by atoms with van der Waals surface area (Å²) in [5.74, 6) is -2.64. The lowest BCUT2D eigenvalue weighted by atomic mass is 9.94. The molecule has 0 N–H and O–H groups in total. The van der Waals surface area contributed by atoms with Crippen LogP contribution in [0.15, 0.2) is 29.2 Å². The quantitative estimate of drug-likeness (QED) is 0.761. The highest BCUT2D eigenvalue weighted by atomic mass is 32.2. The van der Waals surface area contributed by atoms with Gasteiger partial charge in [-0.25, -0.2) is 0 Å². The summed E-state index contributed by atoms with van der Waals surface area (Å²) in [5, 5.41) is 0. The SMILES string of the molecule is O=C(c1ccccc1SC(F)F)N1CCN(C2CCCCC2)CC1. The van der Waals surface area contributed by atoms with E-state index in [4.69, 9.17) is 0 Å². The fraction of sp³-hybridized carbons (Fsp3) is 0.611. The Balaban J connectivity index is 1.61. The Hall–Kier alpha value is -1.14. The lowest BCUT2D eigenvalue weighted by Gasteiger charge is -2.40. The summed E-state index contributed by atoms with van der Waals surface area (Å²) < 4.78 is 25.4. The Morgan fingerprint density at radius 3 is 2.38 bits per heavy atom. The maximum atomic E-state index is 12.7. The molecule has 2 fully saturated rings. The zero-order valence-electron chi connectivity index (χ0n) is 13.8. The van der Waals surface area contributed by atoms with Gasteiger partial charge in [0, 0.05) is 37.1 Å². The van der Waals surface area contributed by atoms with E-state index in [0.717, 1.165) is 13.1 Å². The number of rotatable bonds is 4. The summed E-state index contributed by atoms with van der Waals surface area (Å²) in [7, 11) is 0. The molecule has 1 amide bonds. The van der Waals surface area contributed by atoms with Crippen LogP contribution in [0, 0.1) is 0 Å². The van der Waals surface area contributed by atoms with Gasteiger partial charge >= 0.3 is 0 Å². The van der Waals surface area contributed by atoms with Crippen molar-refractivity contribution < 1.29 is 13.6 Å².